The molecule has 2 heterocycles. The van der Waals surface area contributed by atoms with Crippen LogP contribution in [0.15, 0.2) is 22.7 Å². The topological polar surface area (TPSA) is 52.7 Å². The molecular formula is C20H28BrN3O2. The van der Waals surface area contributed by atoms with Crippen LogP contribution in [0.5, 0.6) is 0 Å². The molecular weight excluding hydrogens is 394 g/mol. The minimum atomic E-state index is -0.0850. The van der Waals surface area contributed by atoms with Gasteiger partial charge in [0.2, 0.25) is 5.91 Å². The number of nitrogens with one attached hydrogen (secondary N) is 1. The van der Waals surface area contributed by atoms with Crippen LogP contribution in [-0.4, -0.2) is 47.9 Å². The Morgan fingerprint density at radius 3 is 2.50 bits per heavy atom. The zero-order valence-electron chi connectivity index (χ0n) is 15.6. The van der Waals surface area contributed by atoms with Crippen molar-refractivity contribution in [1.29, 1.82) is 0 Å². The lowest BCUT2D eigenvalue weighted by Gasteiger charge is -2.37. The van der Waals surface area contributed by atoms with Gasteiger partial charge in [-0.3, -0.25) is 4.79 Å². The summed E-state index contributed by atoms with van der Waals surface area (Å²) in [7, 11) is 0. The number of carbonyl (C=O) groups excluding carboxylic acids is 2. The highest BCUT2D eigenvalue weighted by atomic mass is 79.9. The number of aryl methyl sites for hydroxylation is 1. The van der Waals surface area contributed by atoms with Crippen LogP contribution in [0, 0.1) is 18.8 Å². The molecule has 26 heavy (non-hydrogen) atoms. The van der Waals surface area contributed by atoms with Crippen LogP contribution in [-0.2, 0) is 4.79 Å². The van der Waals surface area contributed by atoms with Crippen LogP contribution in [0.1, 0.15) is 38.2 Å². The number of piperidine rings is 2. The summed E-state index contributed by atoms with van der Waals surface area (Å²) in [6, 6.07) is 5.72. The SMILES string of the molecule is Cc1ccc(NC(=O)N2CCC(C(=O)N3CCCC(C)C3)CC2)cc1Br. The zero-order valence-corrected chi connectivity index (χ0v) is 17.2. The van der Waals surface area contributed by atoms with Crippen molar-refractivity contribution in [3.63, 3.8) is 0 Å². The maximum atomic E-state index is 12.7. The van der Waals surface area contributed by atoms with Gasteiger partial charge >= 0.3 is 6.03 Å². The van der Waals surface area contributed by atoms with Crippen LogP contribution in [0.3, 0.4) is 0 Å². The number of urea groups is 1. The third-order valence-electron chi connectivity index (χ3n) is 5.52. The molecule has 0 saturated carbocycles. The first-order valence-electron chi connectivity index (χ1n) is 9.55. The fraction of sp³-hybridized carbons (Fsp3) is 0.600. The van der Waals surface area contributed by atoms with E-state index in [1.165, 1.54) is 6.42 Å². The van der Waals surface area contributed by atoms with Gasteiger partial charge in [-0.1, -0.05) is 28.9 Å². The molecule has 0 bridgehead atoms. The Morgan fingerprint density at radius 1 is 1.12 bits per heavy atom. The van der Waals surface area contributed by atoms with E-state index in [4.69, 9.17) is 0 Å². The van der Waals surface area contributed by atoms with Crippen molar-refractivity contribution in [3.8, 4) is 0 Å². The van der Waals surface area contributed by atoms with Gasteiger partial charge in [-0.15, -0.1) is 0 Å². The molecule has 0 aliphatic carbocycles. The van der Waals surface area contributed by atoms with E-state index in [1.807, 2.05) is 34.9 Å². The third-order valence-corrected chi connectivity index (χ3v) is 6.38. The summed E-state index contributed by atoms with van der Waals surface area (Å²) in [5, 5.41) is 2.95. The molecule has 1 aromatic carbocycles. The summed E-state index contributed by atoms with van der Waals surface area (Å²) in [5.41, 5.74) is 1.92. The highest BCUT2D eigenvalue weighted by Crippen LogP contribution is 2.25. The van der Waals surface area contributed by atoms with Crippen molar-refractivity contribution >= 4 is 33.6 Å². The molecule has 2 fully saturated rings. The van der Waals surface area contributed by atoms with Gasteiger partial charge in [-0.25, -0.2) is 4.79 Å². The predicted octanol–water partition coefficient (Wildman–Crippen LogP) is 4.26. The minimum absolute atomic E-state index is 0.0675. The highest BCUT2D eigenvalue weighted by Gasteiger charge is 2.31. The van der Waals surface area contributed by atoms with Crippen LogP contribution in [0.25, 0.3) is 0 Å². The predicted molar refractivity (Wildman–Crippen MR) is 107 cm³/mol. The lowest BCUT2D eigenvalue weighted by Crippen LogP contribution is -2.47. The molecule has 1 N–H and O–H groups in total. The smallest absolute Gasteiger partial charge is 0.321 e. The summed E-state index contributed by atoms with van der Waals surface area (Å²) in [4.78, 5) is 29.1. The van der Waals surface area contributed by atoms with E-state index < -0.39 is 0 Å². The Kier molecular flexibility index (Phi) is 6.22. The van der Waals surface area contributed by atoms with E-state index >= 15 is 0 Å². The number of nitrogens with zero attached hydrogens (tertiary/aromatic N) is 2. The Balaban J connectivity index is 1.50. The molecule has 2 aliphatic rings. The van der Waals surface area contributed by atoms with Crippen molar-refractivity contribution in [2.45, 2.75) is 39.5 Å². The van der Waals surface area contributed by atoms with Crippen molar-refractivity contribution in [3.05, 3.63) is 28.2 Å². The number of hydrogen-bond acceptors (Lipinski definition) is 2. The van der Waals surface area contributed by atoms with Crippen LogP contribution in [0.4, 0.5) is 10.5 Å². The van der Waals surface area contributed by atoms with Crippen LogP contribution >= 0.6 is 15.9 Å². The third kappa shape index (κ3) is 4.58. The number of carbonyl (C=O) groups is 2. The second-order valence-electron chi connectivity index (χ2n) is 7.69. The second kappa shape index (κ2) is 8.42. The van der Waals surface area contributed by atoms with E-state index in [0.717, 1.165) is 48.1 Å². The molecule has 0 spiro atoms. The number of anilines is 1. The summed E-state index contributed by atoms with van der Waals surface area (Å²) >= 11 is 3.49. The van der Waals surface area contributed by atoms with E-state index in [9.17, 15) is 9.59 Å². The Bertz CT molecular complexity index is 671. The molecule has 3 rings (SSSR count). The molecule has 6 heteroatoms. The molecule has 0 radical (unpaired) electrons. The average Bonchev–Trinajstić information content (AvgIpc) is 2.64. The highest BCUT2D eigenvalue weighted by molar-refractivity contribution is 9.10. The molecule has 2 aliphatic heterocycles. The number of likely N-dealkylation sites (tertiary alicyclic amines) is 2. The maximum Gasteiger partial charge on any atom is 0.321 e. The molecule has 5 nitrogen and oxygen atoms in total. The van der Waals surface area contributed by atoms with Gasteiger partial charge in [0.1, 0.15) is 0 Å². The quantitative estimate of drug-likeness (QED) is 0.775. The van der Waals surface area contributed by atoms with E-state index in [2.05, 4.69) is 28.2 Å². The molecule has 1 atom stereocenters. The summed E-state index contributed by atoms with van der Waals surface area (Å²) in [6.07, 6.45) is 3.85. The fourth-order valence-electron chi connectivity index (χ4n) is 3.85. The normalized spacial score (nSPS) is 21.6. The molecule has 3 amide bonds. The molecule has 142 valence electrons. The lowest BCUT2D eigenvalue weighted by molar-refractivity contribution is -0.138. The first kappa shape index (κ1) is 19.2. The molecule has 1 unspecified atom stereocenters. The standard InChI is InChI=1S/C20H28BrN3O2/c1-14-4-3-9-24(13-14)19(25)16-7-10-23(11-8-16)20(26)22-17-6-5-15(2)18(21)12-17/h5-6,12,14,16H,3-4,7-11,13H2,1-2H3,(H,22,26). The van der Waals surface area contributed by atoms with Gasteiger partial charge in [-0.2, -0.15) is 0 Å². The fourth-order valence-corrected chi connectivity index (χ4v) is 4.23. The Labute approximate surface area is 164 Å². The van der Waals surface area contributed by atoms with Gasteiger partial charge in [0.05, 0.1) is 0 Å². The van der Waals surface area contributed by atoms with Gasteiger partial charge in [0.25, 0.3) is 0 Å². The zero-order chi connectivity index (χ0) is 18.7. The number of hydrogen-bond donors (Lipinski definition) is 1. The molecule has 1 aromatic rings. The Morgan fingerprint density at radius 2 is 1.85 bits per heavy atom. The van der Waals surface area contributed by atoms with Crippen molar-refractivity contribution in [1.82, 2.24) is 9.80 Å². The van der Waals surface area contributed by atoms with Crippen molar-refractivity contribution in [2.75, 3.05) is 31.5 Å². The van der Waals surface area contributed by atoms with E-state index in [0.29, 0.717) is 24.9 Å². The minimum Gasteiger partial charge on any atom is -0.342 e. The first-order chi connectivity index (χ1) is 12.4. The second-order valence-corrected chi connectivity index (χ2v) is 8.54. The van der Waals surface area contributed by atoms with Gasteiger partial charge in [0, 0.05) is 42.3 Å². The van der Waals surface area contributed by atoms with Gasteiger partial charge < -0.3 is 15.1 Å². The largest absolute Gasteiger partial charge is 0.342 e. The molecule has 2 saturated heterocycles. The van der Waals surface area contributed by atoms with Crippen molar-refractivity contribution in [2.24, 2.45) is 11.8 Å². The van der Waals surface area contributed by atoms with Gasteiger partial charge in [-0.05, 0) is 56.2 Å². The number of halogens is 1. The number of rotatable bonds is 2. The van der Waals surface area contributed by atoms with Gasteiger partial charge in [0.15, 0.2) is 0 Å². The van der Waals surface area contributed by atoms with Crippen molar-refractivity contribution < 1.29 is 9.59 Å². The van der Waals surface area contributed by atoms with E-state index in [1.54, 1.807) is 0 Å². The maximum absolute atomic E-state index is 12.7. The average molecular weight is 422 g/mol. The van der Waals surface area contributed by atoms with Crippen LogP contribution in [0.2, 0.25) is 0 Å². The summed E-state index contributed by atoms with van der Waals surface area (Å²) in [6.45, 7) is 7.29. The monoisotopic (exact) mass is 421 g/mol. The number of amides is 3. The van der Waals surface area contributed by atoms with E-state index in [-0.39, 0.29) is 11.9 Å². The van der Waals surface area contributed by atoms with Crippen LogP contribution < -0.4 is 5.32 Å². The summed E-state index contributed by atoms with van der Waals surface area (Å²) in [5.74, 6) is 0.962. The summed E-state index contributed by atoms with van der Waals surface area (Å²) < 4.78 is 0.982. The number of benzene rings is 1. The first-order valence-corrected chi connectivity index (χ1v) is 10.3. The lowest BCUT2D eigenvalue weighted by atomic mass is 9.93. The molecule has 0 aromatic heterocycles. The Hall–Kier alpha value is -1.56.